The lowest BCUT2D eigenvalue weighted by Gasteiger charge is -2.31. The zero-order valence-electron chi connectivity index (χ0n) is 15.5. The molecule has 9 heteroatoms. The Morgan fingerprint density at radius 2 is 1.86 bits per heavy atom. The van der Waals surface area contributed by atoms with Gasteiger partial charge in [0, 0.05) is 25.7 Å². The Kier molecular flexibility index (Phi) is 6.33. The van der Waals surface area contributed by atoms with Crippen LogP contribution in [0.1, 0.15) is 31.0 Å². The SMILES string of the molecule is CC1CCN(c2cc(C(F)(F)F)nc(NC(=S)NCc3ccccc3)n2)CC1. The van der Waals surface area contributed by atoms with Crippen LogP contribution in [0.5, 0.6) is 0 Å². The first-order valence-electron chi connectivity index (χ1n) is 9.11. The van der Waals surface area contributed by atoms with Crippen LogP contribution >= 0.6 is 12.2 Å². The highest BCUT2D eigenvalue weighted by molar-refractivity contribution is 7.80. The molecule has 1 aliphatic heterocycles. The maximum absolute atomic E-state index is 13.3. The zero-order valence-corrected chi connectivity index (χ0v) is 16.3. The van der Waals surface area contributed by atoms with Crippen molar-refractivity contribution in [2.45, 2.75) is 32.5 Å². The number of nitrogens with zero attached hydrogens (tertiary/aromatic N) is 3. The first kappa shape index (κ1) is 20.3. The highest BCUT2D eigenvalue weighted by Gasteiger charge is 2.34. The number of halogens is 3. The number of alkyl halides is 3. The van der Waals surface area contributed by atoms with Gasteiger partial charge in [0.2, 0.25) is 5.95 Å². The molecule has 3 rings (SSSR count). The Morgan fingerprint density at radius 1 is 1.18 bits per heavy atom. The van der Waals surface area contributed by atoms with E-state index in [1.807, 2.05) is 35.2 Å². The second kappa shape index (κ2) is 8.72. The smallest absolute Gasteiger partial charge is 0.358 e. The molecule has 0 saturated carbocycles. The number of thiocarbonyl (C=S) groups is 1. The van der Waals surface area contributed by atoms with Gasteiger partial charge in [-0.05, 0) is 36.5 Å². The molecule has 1 aliphatic rings. The predicted octanol–water partition coefficient (Wildman–Crippen LogP) is 4.22. The van der Waals surface area contributed by atoms with Crippen molar-refractivity contribution < 1.29 is 13.2 Å². The average molecular weight is 409 g/mol. The highest BCUT2D eigenvalue weighted by Crippen LogP contribution is 2.31. The topological polar surface area (TPSA) is 53.1 Å². The minimum Gasteiger partial charge on any atom is -0.358 e. The molecule has 0 atom stereocenters. The first-order valence-corrected chi connectivity index (χ1v) is 9.52. The van der Waals surface area contributed by atoms with Crippen LogP contribution in [0.2, 0.25) is 0 Å². The van der Waals surface area contributed by atoms with E-state index in [-0.39, 0.29) is 16.9 Å². The lowest BCUT2D eigenvalue weighted by Crippen LogP contribution is -2.34. The van der Waals surface area contributed by atoms with Crippen molar-refractivity contribution in [1.29, 1.82) is 0 Å². The summed E-state index contributed by atoms with van der Waals surface area (Å²) in [5.74, 6) is 0.670. The number of anilines is 2. The molecule has 0 aliphatic carbocycles. The number of benzene rings is 1. The van der Waals surface area contributed by atoms with Gasteiger partial charge in [0.25, 0.3) is 0 Å². The van der Waals surface area contributed by atoms with Gasteiger partial charge in [-0.2, -0.15) is 18.2 Å². The Balaban J connectivity index is 1.73. The Labute approximate surface area is 167 Å². The molecule has 0 radical (unpaired) electrons. The molecule has 1 saturated heterocycles. The van der Waals surface area contributed by atoms with Gasteiger partial charge in [-0.25, -0.2) is 4.98 Å². The molecule has 5 nitrogen and oxygen atoms in total. The molecule has 1 fully saturated rings. The van der Waals surface area contributed by atoms with Crippen LogP contribution in [0.3, 0.4) is 0 Å². The first-order chi connectivity index (χ1) is 13.3. The van der Waals surface area contributed by atoms with Crippen molar-refractivity contribution in [3.05, 3.63) is 47.7 Å². The lowest BCUT2D eigenvalue weighted by molar-refractivity contribution is -0.141. The summed E-state index contributed by atoms with van der Waals surface area (Å²) in [5, 5.41) is 5.81. The van der Waals surface area contributed by atoms with Gasteiger partial charge in [-0.15, -0.1) is 0 Å². The Hall–Kier alpha value is -2.42. The summed E-state index contributed by atoms with van der Waals surface area (Å²) in [4.78, 5) is 9.74. The monoisotopic (exact) mass is 409 g/mol. The molecule has 1 aromatic carbocycles. The summed E-state index contributed by atoms with van der Waals surface area (Å²) in [6, 6.07) is 10.5. The molecular weight excluding hydrogens is 387 g/mol. The van der Waals surface area contributed by atoms with Crippen LogP contribution in [0.25, 0.3) is 0 Å². The van der Waals surface area contributed by atoms with Gasteiger partial charge in [-0.3, -0.25) is 0 Å². The quantitative estimate of drug-likeness (QED) is 0.738. The van der Waals surface area contributed by atoms with E-state index in [1.54, 1.807) is 0 Å². The molecule has 28 heavy (non-hydrogen) atoms. The van der Waals surface area contributed by atoms with E-state index in [1.165, 1.54) is 0 Å². The van der Waals surface area contributed by atoms with Crippen molar-refractivity contribution in [1.82, 2.24) is 15.3 Å². The van der Waals surface area contributed by atoms with E-state index >= 15 is 0 Å². The van der Waals surface area contributed by atoms with Gasteiger partial charge in [0.15, 0.2) is 10.8 Å². The normalized spacial score (nSPS) is 15.4. The third kappa shape index (κ3) is 5.54. The molecule has 0 bridgehead atoms. The molecule has 150 valence electrons. The third-order valence-electron chi connectivity index (χ3n) is 4.63. The van der Waals surface area contributed by atoms with E-state index in [0.717, 1.165) is 24.5 Å². The lowest BCUT2D eigenvalue weighted by atomic mass is 9.99. The summed E-state index contributed by atoms with van der Waals surface area (Å²) in [6.07, 6.45) is -2.72. The van der Waals surface area contributed by atoms with Crippen LogP contribution < -0.4 is 15.5 Å². The summed E-state index contributed by atoms with van der Waals surface area (Å²) in [5.41, 5.74) is 0.0178. The van der Waals surface area contributed by atoms with E-state index in [4.69, 9.17) is 12.2 Å². The summed E-state index contributed by atoms with van der Waals surface area (Å²) in [7, 11) is 0. The fourth-order valence-corrected chi connectivity index (χ4v) is 3.12. The molecule has 2 N–H and O–H groups in total. The molecule has 2 aromatic rings. The average Bonchev–Trinajstić information content (AvgIpc) is 2.67. The predicted molar refractivity (Wildman–Crippen MR) is 107 cm³/mol. The Morgan fingerprint density at radius 3 is 2.50 bits per heavy atom. The number of hydrogen-bond acceptors (Lipinski definition) is 4. The maximum Gasteiger partial charge on any atom is 0.433 e. The number of nitrogens with one attached hydrogen (secondary N) is 2. The second-order valence-electron chi connectivity index (χ2n) is 6.90. The Bertz CT molecular complexity index is 805. The molecule has 1 aromatic heterocycles. The van der Waals surface area contributed by atoms with Gasteiger partial charge >= 0.3 is 6.18 Å². The van der Waals surface area contributed by atoms with Crippen molar-refractivity contribution >= 4 is 29.1 Å². The standard InChI is InChI=1S/C19H22F3N5S/c1-13-7-9-27(10-8-13)16-11-15(19(20,21)22)24-17(25-16)26-18(28)23-12-14-5-3-2-4-6-14/h2-6,11,13H,7-10,12H2,1H3,(H2,23,24,25,26,28). The van der Waals surface area contributed by atoms with Crippen LogP contribution in [0.15, 0.2) is 36.4 Å². The van der Waals surface area contributed by atoms with Gasteiger partial charge in [0.1, 0.15) is 5.82 Å². The third-order valence-corrected chi connectivity index (χ3v) is 4.88. The molecule has 2 heterocycles. The van der Waals surface area contributed by atoms with Crippen LogP contribution in [-0.2, 0) is 12.7 Å². The summed E-state index contributed by atoms with van der Waals surface area (Å²) >= 11 is 5.19. The van der Waals surface area contributed by atoms with Crippen LogP contribution in [-0.4, -0.2) is 28.2 Å². The fraction of sp³-hybridized carbons (Fsp3) is 0.421. The van der Waals surface area contributed by atoms with Crippen LogP contribution in [0, 0.1) is 5.92 Å². The van der Waals surface area contributed by atoms with E-state index in [9.17, 15) is 13.2 Å². The largest absolute Gasteiger partial charge is 0.433 e. The van der Waals surface area contributed by atoms with Crippen molar-refractivity contribution in [2.75, 3.05) is 23.3 Å². The number of rotatable bonds is 4. The molecule has 0 amide bonds. The van der Waals surface area contributed by atoms with Crippen molar-refractivity contribution in [2.24, 2.45) is 5.92 Å². The minimum absolute atomic E-state index is 0.158. The second-order valence-corrected chi connectivity index (χ2v) is 7.30. The van der Waals surface area contributed by atoms with Gasteiger partial charge in [0.05, 0.1) is 0 Å². The van der Waals surface area contributed by atoms with E-state index in [0.29, 0.717) is 25.6 Å². The molecular formula is C19H22F3N5S. The van der Waals surface area contributed by atoms with Crippen molar-refractivity contribution in [3.8, 4) is 0 Å². The minimum atomic E-state index is -4.56. The van der Waals surface area contributed by atoms with Crippen LogP contribution in [0.4, 0.5) is 24.9 Å². The van der Waals surface area contributed by atoms with E-state index in [2.05, 4.69) is 27.5 Å². The fourth-order valence-electron chi connectivity index (χ4n) is 2.96. The summed E-state index contributed by atoms with van der Waals surface area (Å²) in [6.45, 7) is 3.93. The van der Waals surface area contributed by atoms with Gasteiger partial charge in [-0.1, -0.05) is 37.3 Å². The maximum atomic E-state index is 13.3. The van der Waals surface area contributed by atoms with E-state index < -0.39 is 11.9 Å². The highest BCUT2D eigenvalue weighted by atomic mass is 32.1. The number of aromatic nitrogens is 2. The zero-order chi connectivity index (χ0) is 20.1. The number of hydrogen-bond donors (Lipinski definition) is 2. The number of piperidine rings is 1. The van der Waals surface area contributed by atoms with Crippen molar-refractivity contribution in [3.63, 3.8) is 0 Å². The molecule has 0 unspecified atom stereocenters. The molecule has 0 spiro atoms. The van der Waals surface area contributed by atoms with Gasteiger partial charge < -0.3 is 15.5 Å². The summed E-state index contributed by atoms with van der Waals surface area (Å²) < 4.78 is 39.9.